The quantitative estimate of drug-likeness (QED) is 0.651. The molecule has 1 amide bonds. The molecule has 0 spiro atoms. The van der Waals surface area contributed by atoms with Crippen LogP contribution in [-0.2, 0) is 14.8 Å². The van der Waals surface area contributed by atoms with Gasteiger partial charge in [0.1, 0.15) is 5.82 Å². The summed E-state index contributed by atoms with van der Waals surface area (Å²) in [6, 6.07) is 10.7. The molecule has 2 aromatic carbocycles. The molecule has 32 heavy (non-hydrogen) atoms. The molecule has 1 unspecified atom stereocenters. The minimum absolute atomic E-state index is 0.102. The van der Waals surface area contributed by atoms with Crippen molar-refractivity contribution >= 4 is 21.6 Å². The Morgan fingerprint density at radius 1 is 1.12 bits per heavy atom. The van der Waals surface area contributed by atoms with E-state index in [9.17, 15) is 17.6 Å². The Morgan fingerprint density at radius 3 is 2.34 bits per heavy atom. The zero-order valence-corrected chi connectivity index (χ0v) is 19.5. The van der Waals surface area contributed by atoms with Crippen LogP contribution >= 0.6 is 0 Å². The maximum Gasteiger partial charge on any atom is 0.254 e. The molecule has 0 bridgehead atoms. The van der Waals surface area contributed by atoms with E-state index in [4.69, 9.17) is 4.74 Å². The molecule has 0 aromatic heterocycles. The number of hydrogen-bond donors (Lipinski definition) is 1. The average molecular weight is 464 g/mol. The van der Waals surface area contributed by atoms with Crippen molar-refractivity contribution < 1.29 is 22.3 Å². The van der Waals surface area contributed by atoms with Gasteiger partial charge in [-0.15, -0.1) is 0 Å². The topological polar surface area (TPSA) is 79.0 Å². The fraction of sp³-hybridized carbons (Fsp3) is 0.435. The lowest BCUT2D eigenvalue weighted by Crippen LogP contribution is -2.36. The molecule has 1 atom stereocenters. The van der Waals surface area contributed by atoms with Crippen LogP contribution in [0.5, 0.6) is 0 Å². The monoisotopic (exact) mass is 463 g/mol. The lowest BCUT2D eigenvalue weighted by Gasteiger charge is -2.29. The number of hydrogen-bond acceptors (Lipinski definition) is 5. The summed E-state index contributed by atoms with van der Waals surface area (Å²) in [4.78, 5) is 14.9. The van der Waals surface area contributed by atoms with Gasteiger partial charge in [0.2, 0.25) is 10.0 Å². The molecule has 1 fully saturated rings. The number of amides is 1. The third-order valence-electron chi connectivity index (χ3n) is 5.64. The second-order valence-electron chi connectivity index (χ2n) is 7.62. The van der Waals surface area contributed by atoms with Crippen LogP contribution in [0.2, 0.25) is 0 Å². The van der Waals surface area contributed by atoms with Crippen LogP contribution in [0.1, 0.15) is 42.7 Å². The van der Waals surface area contributed by atoms with Crippen molar-refractivity contribution in [3.63, 3.8) is 0 Å². The highest BCUT2D eigenvalue weighted by Gasteiger charge is 2.25. The number of carbonyl (C=O) groups is 1. The van der Waals surface area contributed by atoms with E-state index in [1.54, 1.807) is 20.8 Å². The molecular formula is C23H30FN3O4S. The van der Waals surface area contributed by atoms with Gasteiger partial charge >= 0.3 is 0 Å². The van der Waals surface area contributed by atoms with Gasteiger partial charge in [-0.25, -0.2) is 12.8 Å². The van der Waals surface area contributed by atoms with E-state index >= 15 is 0 Å². The van der Waals surface area contributed by atoms with Crippen molar-refractivity contribution in [2.75, 3.05) is 44.3 Å². The number of halogens is 1. The van der Waals surface area contributed by atoms with Gasteiger partial charge in [0, 0.05) is 31.9 Å². The summed E-state index contributed by atoms with van der Waals surface area (Å²) >= 11 is 0. The Labute approximate surface area is 189 Å². The molecule has 2 aromatic rings. The highest BCUT2D eigenvalue weighted by molar-refractivity contribution is 7.89. The zero-order chi connectivity index (χ0) is 23.3. The first-order valence-electron chi connectivity index (χ1n) is 10.8. The molecular weight excluding hydrogens is 433 g/mol. The minimum Gasteiger partial charge on any atom is -0.378 e. The molecule has 1 heterocycles. The van der Waals surface area contributed by atoms with Crippen LogP contribution in [0.4, 0.5) is 10.1 Å². The number of ether oxygens (including phenoxy) is 1. The van der Waals surface area contributed by atoms with E-state index in [0.29, 0.717) is 13.2 Å². The first-order valence-corrected chi connectivity index (χ1v) is 12.2. The van der Waals surface area contributed by atoms with Crippen molar-refractivity contribution in [1.29, 1.82) is 0 Å². The molecule has 9 heteroatoms. The van der Waals surface area contributed by atoms with Gasteiger partial charge < -0.3 is 15.0 Å². The number of nitrogens with zero attached hydrogens (tertiary/aromatic N) is 2. The Balaban J connectivity index is 1.75. The Kier molecular flexibility index (Phi) is 7.86. The van der Waals surface area contributed by atoms with E-state index in [2.05, 4.69) is 10.2 Å². The predicted octanol–water partition coefficient (Wildman–Crippen LogP) is 3.18. The normalized spacial score (nSPS) is 15.6. The van der Waals surface area contributed by atoms with Crippen LogP contribution in [0.15, 0.2) is 47.4 Å². The Bertz CT molecular complexity index is 1030. The number of morpholine rings is 1. The van der Waals surface area contributed by atoms with Gasteiger partial charge in [-0.2, -0.15) is 4.31 Å². The summed E-state index contributed by atoms with van der Waals surface area (Å²) < 4.78 is 46.5. The first kappa shape index (κ1) is 24.2. The third-order valence-corrected chi connectivity index (χ3v) is 7.69. The molecule has 7 nitrogen and oxygen atoms in total. The summed E-state index contributed by atoms with van der Waals surface area (Å²) in [5, 5.41) is 2.77. The highest BCUT2D eigenvalue weighted by Crippen LogP contribution is 2.22. The summed E-state index contributed by atoms with van der Waals surface area (Å²) in [5.74, 6) is -1.43. The highest BCUT2D eigenvalue weighted by atomic mass is 32.2. The smallest absolute Gasteiger partial charge is 0.254 e. The molecule has 0 aliphatic carbocycles. The molecule has 0 saturated carbocycles. The maximum atomic E-state index is 14.4. The lowest BCUT2D eigenvalue weighted by atomic mass is 10.1. The Morgan fingerprint density at radius 2 is 1.75 bits per heavy atom. The standard InChI is InChI=1S/C23H30FN3O4S/c1-4-27(5-2)32(29,30)20-10-11-22(24)21(16-20)23(28)25-17(3)18-6-8-19(9-7-18)26-12-14-31-15-13-26/h6-11,16-17H,4-5,12-15H2,1-3H3,(H,25,28). The first-order chi connectivity index (χ1) is 15.3. The fourth-order valence-corrected chi connectivity index (χ4v) is 5.19. The number of anilines is 1. The van der Waals surface area contributed by atoms with Crippen LogP contribution in [-0.4, -0.2) is 58.0 Å². The summed E-state index contributed by atoms with van der Waals surface area (Å²) in [6.45, 7) is 8.88. The van der Waals surface area contributed by atoms with E-state index in [1.165, 1.54) is 10.4 Å². The SMILES string of the molecule is CCN(CC)S(=O)(=O)c1ccc(F)c(C(=O)NC(C)c2ccc(N3CCOCC3)cc2)c1. The van der Waals surface area contributed by atoms with E-state index < -0.39 is 21.7 Å². The molecule has 174 valence electrons. The number of benzene rings is 2. The molecule has 3 rings (SSSR count). The minimum atomic E-state index is -3.80. The fourth-order valence-electron chi connectivity index (χ4n) is 3.70. The molecule has 1 aliphatic rings. The molecule has 1 saturated heterocycles. The lowest BCUT2D eigenvalue weighted by molar-refractivity contribution is 0.0935. The van der Waals surface area contributed by atoms with E-state index in [0.717, 1.165) is 36.5 Å². The third kappa shape index (κ3) is 5.28. The number of sulfonamides is 1. The number of rotatable bonds is 8. The average Bonchev–Trinajstić information content (AvgIpc) is 2.80. The Hall–Kier alpha value is -2.49. The van der Waals surface area contributed by atoms with Gasteiger partial charge in [0.05, 0.1) is 29.7 Å². The molecule has 0 radical (unpaired) electrons. The second-order valence-corrected chi connectivity index (χ2v) is 9.56. The second kappa shape index (κ2) is 10.4. The molecule has 1 aliphatic heterocycles. The van der Waals surface area contributed by atoms with Crippen molar-refractivity contribution in [1.82, 2.24) is 9.62 Å². The van der Waals surface area contributed by atoms with Crippen LogP contribution in [0.25, 0.3) is 0 Å². The summed E-state index contributed by atoms with van der Waals surface area (Å²) in [5.41, 5.74) is 1.65. The van der Waals surface area contributed by atoms with Crippen LogP contribution < -0.4 is 10.2 Å². The van der Waals surface area contributed by atoms with Gasteiger partial charge in [0.15, 0.2) is 0 Å². The van der Waals surface area contributed by atoms with Gasteiger partial charge in [-0.1, -0.05) is 26.0 Å². The van der Waals surface area contributed by atoms with Crippen LogP contribution in [0, 0.1) is 5.82 Å². The van der Waals surface area contributed by atoms with Gasteiger partial charge in [0.25, 0.3) is 5.91 Å². The van der Waals surface area contributed by atoms with Crippen molar-refractivity contribution in [3.8, 4) is 0 Å². The summed E-state index contributed by atoms with van der Waals surface area (Å²) in [6.07, 6.45) is 0. The van der Waals surface area contributed by atoms with E-state index in [-0.39, 0.29) is 29.6 Å². The number of carbonyl (C=O) groups excluding carboxylic acids is 1. The summed E-state index contributed by atoms with van der Waals surface area (Å²) in [7, 11) is -3.80. The van der Waals surface area contributed by atoms with Crippen molar-refractivity contribution in [2.24, 2.45) is 0 Å². The van der Waals surface area contributed by atoms with Crippen LogP contribution in [0.3, 0.4) is 0 Å². The van der Waals surface area contributed by atoms with Crippen molar-refractivity contribution in [2.45, 2.75) is 31.7 Å². The maximum absolute atomic E-state index is 14.4. The van der Waals surface area contributed by atoms with Gasteiger partial charge in [-0.05, 0) is 42.8 Å². The molecule has 1 N–H and O–H groups in total. The number of nitrogens with one attached hydrogen (secondary N) is 1. The van der Waals surface area contributed by atoms with E-state index in [1.807, 2.05) is 24.3 Å². The largest absolute Gasteiger partial charge is 0.378 e. The predicted molar refractivity (Wildman–Crippen MR) is 122 cm³/mol. The zero-order valence-electron chi connectivity index (χ0n) is 18.7. The van der Waals surface area contributed by atoms with Crippen molar-refractivity contribution in [3.05, 3.63) is 59.4 Å². The van der Waals surface area contributed by atoms with Gasteiger partial charge in [-0.3, -0.25) is 4.79 Å².